The van der Waals surface area contributed by atoms with Crippen molar-refractivity contribution in [1.29, 1.82) is 0 Å². The lowest BCUT2D eigenvalue weighted by Crippen LogP contribution is -2.52. The number of nitrogens with one attached hydrogen (secondary N) is 2. The van der Waals surface area contributed by atoms with E-state index in [-0.39, 0.29) is 23.8 Å². The number of hydrogen-bond acceptors (Lipinski definition) is 4. The molecule has 37 heavy (non-hydrogen) atoms. The second kappa shape index (κ2) is 11.0. The third-order valence-electron chi connectivity index (χ3n) is 6.88. The van der Waals surface area contributed by atoms with Crippen LogP contribution in [0, 0.1) is 33.6 Å². The minimum atomic E-state index is -0.871. The zero-order valence-corrected chi connectivity index (χ0v) is 23.6. The molecule has 3 rings (SSSR count). The lowest BCUT2D eigenvalue weighted by atomic mass is 9.97. The largest absolute Gasteiger partial charge is 0.444 e. The Balaban J connectivity index is 2.01. The monoisotopic (exact) mass is 507 g/mol. The van der Waals surface area contributed by atoms with Gasteiger partial charge in [-0.2, -0.15) is 0 Å². The maximum Gasteiger partial charge on any atom is 0.408 e. The number of hydrogen-bond donors (Lipinski definition) is 2. The Hall–Kier alpha value is -3.35. The van der Waals surface area contributed by atoms with Crippen molar-refractivity contribution in [3.63, 3.8) is 0 Å². The number of carbonyl (C=O) groups is 3. The highest BCUT2D eigenvalue weighted by molar-refractivity contribution is 6.00. The van der Waals surface area contributed by atoms with Crippen LogP contribution in [0.3, 0.4) is 0 Å². The van der Waals surface area contributed by atoms with E-state index in [0.717, 1.165) is 39.9 Å². The molecular weight excluding hydrogens is 466 g/mol. The Bertz CT molecular complexity index is 1160. The zero-order chi connectivity index (χ0) is 27.7. The molecule has 0 saturated heterocycles. The highest BCUT2D eigenvalue weighted by atomic mass is 16.6. The number of benzene rings is 2. The standard InChI is InChI=1S/C30H41N3O4/c1-17-13-14-23(15-20(17)4)26(27(34)32-25-18(2)11-10-12-19(25)3)33(24-16-21(24)5)28(35)22(6)31-29(36)37-30(7,8)9/h10-15,21-22,24,26H,16H2,1-9H3,(H,31,36)(H,32,34). The molecule has 4 atom stereocenters. The molecule has 0 radical (unpaired) electrons. The highest BCUT2D eigenvalue weighted by Crippen LogP contribution is 2.41. The zero-order valence-electron chi connectivity index (χ0n) is 23.6. The fourth-order valence-electron chi connectivity index (χ4n) is 4.52. The molecule has 1 aliphatic carbocycles. The maximum absolute atomic E-state index is 14.0. The number of carbonyl (C=O) groups excluding carboxylic acids is 3. The summed E-state index contributed by atoms with van der Waals surface area (Å²) in [6.07, 6.45) is 0.128. The highest BCUT2D eigenvalue weighted by Gasteiger charge is 2.47. The number of ether oxygens (including phenoxy) is 1. The summed E-state index contributed by atoms with van der Waals surface area (Å²) in [5.74, 6) is -0.350. The summed E-state index contributed by atoms with van der Waals surface area (Å²) >= 11 is 0. The summed E-state index contributed by atoms with van der Waals surface area (Å²) in [4.78, 5) is 42.0. The van der Waals surface area contributed by atoms with Crippen molar-refractivity contribution in [2.75, 3.05) is 5.32 Å². The molecule has 1 saturated carbocycles. The van der Waals surface area contributed by atoms with Crippen molar-refractivity contribution in [2.24, 2.45) is 5.92 Å². The van der Waals surface area contributed by atoms with Gasteiger partial charge in [0.1, 0.15) is 17.7 Å². The van der Waals surface area contributed by atoms with Crippen LogP contribution in [0.1, 0.15) is 74.9 Å². The fraction of sp³-hybridized carbons (Fsp3) is 0.500. The Morgan fingerprint density at radius 1 is 0.973 bits per heavy atom. The number of amides is 3. The molecule has 2 N–H and O–H groups in total. The minimum absolute atomic E-state index is 0.106. The van der Waals surface area contributed by atoms with Crippen molar-refractivity contribution in [1.82, 2.24) is 10.2 Å². The Labute approximate surface area is 221 Å². The number of aryl methyl sites for hydroxylation is 4. The molecule has 0 aromatic heterocycles. The molecule has 1 aliphatic rings. The van der Waals surface area contributed by atoms with E-state index in [1.165, 1.54) is 0 Å². The van der Waals surface area contributed by atoms with Crippen LogP contribution in [0.2, 0.25) is 0 Å². The van der Waals surface area contributed by atoms with Crippen LogP contribution in [0.15, 0.2) is 36.4 Å². The quantitative estimate of drug-likeness (QED) is 0.499. The van der Waals surface area contributed by atoms with Gasteiger partial charge in [-0.25, -0.2) is 4.79 Å². The van der Waals surface area contributed by atoms with Crippen LogP contribution >= 0.6 is 0 Å². The fourth-order valence-corrected chi connectivity index (χ4v) is 4.52. The molecule has 0 heterocycles. The van der Waals surface area contributed by atoms with Gasteiger partial charge in [-0.05, 0) is 95.5 Å². The van der Waals surface area contributed by atoms with Crippen molar-refractivity contribution in [2.45, 2.75) is 92.5 Å². The van der Waals surface area contributed by atoms with Crippen molar-refractivity contribution >= 4 is 23.6 Å². The van der Waals surface area contributed by atoms with Crippen LogP contribution in [0.5, 0.6) is 0 Å². The van der Waals surface area contributed by atoms with Crippen molar-refractivity contribution in [3.05, 3.63) is 64.2 Å². The number of nitrogens with zero attached hydrogens (tertiary/aromatic N) is 1. The molecule has 200 valence electrons. The summed E-state index contributed by atoms with van der Waals surface area (Å²) in [6.45, 7) is 16.9. The smallest absolute Gasteiger partial charge is 0.408 e. The summed E-state index contributed by atoms with van der Waals surface area (Å²) in [7, 11) is 0. The Morgan fingerprint density at radius 3 is 2.08 bits per heavy atom. The molecule has 7 nitrogen and oxygen atoms in total. The van der Waals surface area contributed by atoms with E-state index in [0.29, 0.717) is 0 Å². The van der Waals surface area contributed by atoms with E-state index in [2.05, 4.69) is 17.6 Å². The van der Waals surface area contributed by atoms with Gasteiger partial charge >= 0.3 is 6.09 Å². The van der Waals surface area contributed by atoms with Gasteiger partial charge < -0.3 is 20.3 Å². The van der Waals surface area contributed by atoms with Crippen LogP contribution in [-0.4, -0.2) is 40.5 Å². The molecule has 2 aromatic rings. The van der Waals surface area contributed by atoms with E-state index in [4.69, 9.17) is 4.74 Å². The molecule has 0 spiro atoms. The summed E-state index contributed by atoms with van der Waals surface area (Å²) in [5, 5.41) is 5.77. The first kappa shape index (κ1) is 28.2. The molecule has 4 unspecified atom stereocenters. The van der Waals surface area contributed by atoms with Crippen molar-refractivity contribution < 1.29 is 19.1 Å². The summed E-state index contributed by atoms with van der Waals surface area (Å²) in [6, 6.07) is 9.89. The normalized spacial score (nSPS) is 18.4. The van der Waals surface area contributed by atoms with Gasteiger partial charge in [0, 0.05) is 11.7 Å². The first-order valence-electron chi connectivity index (χ1n) is 13.0. The second-order valence-corrected chi connectivity index (χ2v) is 11.4. The molecular formula is C30H41N3O4. The van der Waals surface area contributed by atoms with Gasteiger partial charge in [-0.3, -0.25) is 9.59 Å². The number of anilines is 1. The van der Waals surface area contributed by atoms with Gasteiger partial charge in [0.15, 0.2) is 0 Å². The topological polar surface area (TPSA) is 87.7 Å². The predicted octanol–water partition coefficient (Wildman–Crippen LogP) is 5.75. The number of alkyl carbamates (subject to hydrolysis) is 1. The number of para-hydroxylation sites is 1. The second-order valence-electron chi connectivity index (χ2n) is 11.4. The first-order valence-corrected chi connectivity index (χ1v) is 13.0. The van der Waals surface area contributed by atoms with Gasteiger partial charge in [-0.15, -0.1) is 0 Å². The average molecular weight is 508 g/mol. The van der Waals surface area contributed by atoms with E-state index in [1.54, 1.807) is 32.6 Å². The molecule has 0 aliphatic heterocycles. The van der Waals surface area contributed by atoms with Crippen LogP contribution < -0.4 is 10.6 Å². The predicted molar refractivity (Wildman–Crippen MR) is 146 cm³/mol. The third kappa shape index (κ3) is 6.90. The molecule has 7 heteroatoms. The first-order chi connectivity index (χ1) is 17.2. The summed E-state index contributed by atoms with van der Waals surface area (Å²) < 4.78 is 5.36. The summed E-state index contributed by atoms with van der Waals surface area (Å²) in [5.41, 5.74) is 4.84. The lowest BCUT2D eigenvalue weighted by molar-refractivity contribution is -0.141. The van der Waals surface area contributed by atoms with Crippen LogP contribution in [0.25, 0.3) is 0 Å². The SMILES string of the molecule is Cc1ccc(C(C(=O)Nc2c(C)cccc2C)N(C(=O)C(C)NC(=O)OC(C)(C)C)C2CC2C)cc1C. The molecule has 3 amide bonds. The van der Waals surface area contributed by atoms with Crippen LogP contribution in [0.4, 0.5) is 10.5 Å². The third-order valence-corrected chi connectivity index (χ3v) is 6.88. The lowest BCUT2D eigenvalue weighted by Gasteiger charge is -2.34. The van der Waals surface area contributed by atoms with Gasteiger partial charge in [0.2, 0.25) is 5.91 Å². The van der Waals surface area contributed by atoms with Crippen molar-refractivity contribution in [3.8, 4) is 0 Å². The minimum Gasteiger partial charge on any atom is -0.444 e. The molecule has 1 fully saturated rings. The van der Waals surface area contributed by atoms with Crippen LogP contribution in [-0.2, 0) is 14.3 Å². The molecule has 0 bridgehead atoms. The molecule has 2 aromatic carbocycles. The van der Waals surface area contributed by atoms with E-state index in [1.807, 2.05) is 64.1 Å². The van der Waals surface area contributed by atoms with Gasteiger partial charge in [-0.1, -0.05) is 43.3 Å². The van der Waals surface area contributed by atoms with Gasteiger partial charge in [0.05, 0.1) is 0 Å². The maximum atomic E-state index is 14.0. The Morgan fingerprint density at radius 2 is 1.57 bits per heavy atom. The Kier molecular flexibility index (Phi) is 8.35. The van der Waals surface area contributed by atoms with Gasteiger partial charge in [0.25, 0.3) is 5.91 Å². The van der Waals surface area contributed by atoms with E-state index in [9.17, 15) is 14.4 Å². The average Bonchev–Trinajstić information content (AvgIpc) is 3.50. The van der Waals surface area contributed by atoms with E-state index < -0.39 is 23.8 Å². The number of rotatable bonds is 7. The van der Waals surface area contributed by atoms with E-state index >= 15 is 0 Å².